The lowest BCUT2D eigenvalue weighted by atomic mass is 9.83. The summed E-state index contributed by atoms with van der Waals surface area (Å²) in [5.41, 5.74) is 0.966. The third kappa shape index (κ3) is 4.86. The predicted molar refractivity (Wildman–Crippen MR) is 126 cm³/mol. The molecule has 1 saturated carbocycles. The van der Waals surface area contributed by atoms with Crippen molar-refractivity contribution in [3.63, 3.8) is 0 Å². The van der Waals surface area contributed by atoms with Crippen molar-refractivity contribution in [3.8, 4) is 0 Å². The van der Waals surface area contributed by atoms with Gasteiger partial charge in [-0.2, -0.15) is 0 Å². The molecule has 4 aliphatic rings. The first-order chi connectivity index (χ1) is 16.1. The summed E-state index contributed by atoms with van der Waals surface area (Å²) in [6.07, 6.45) is 7.75. The minimum absolute atomic E-state index is 0.000801. The number of rotatable bonds is 5. The maximum Gasteiger partial charge on any atom is 0.317 e. The number of urea groups is 1. The summed E-state index contributed by atoms with van der Waals surface area (Å²) < 4.78 is 0. The molecular formula is C25H35N5O3. The van der Waals surface area contributed by atoms with Crippen molar-refractivity contribution in [3.05, 3.63) is 35.9 Å². The Balaban J connectivity index is 1.29. The molecule has 0 aromatic heterocycles. The van der Waals surface area contributed by atoms with Crippen LogP contribution in [0.1, 0.15) is 56.9 Å². The van der Waals surface area contributed by atoms with Crippen LogP contribution in [0.3, 0.4) is 0 Å². The second-order valence-corrected chi connectivity index (χ2v) is 9.93. The van der Waals surface area contributed by atoms with E-state index >= 15 is 0 Å². The summed E-state index contributed by atoms with van der Waals surface area (Å²) in [4.78, 5) is 35.9. The zero-order valence-electron chi connectivity index (χ0n) is 19.3. The van der Waals surface area contributed by atoms with Crippen LogP contribution in [0.25, 0.3) is 0 Å². The van der Waals surface area contributed by atoms with Crippen molar-refractivity contribution < 1.29 is 14.4 Å². The van der Waals surface area contributed by atoms with E-state index in [4.69, 9.17) is 4.84 Å². The molecule has 1 aliphatic carbocycles. The molecule has 5 rings (SSSR count). The quantitative estimate of drug-likeness (QED) is 0.718. The maximum absolute atomic E-state index is 13.0. The van der Waals surface area contributed by atoms with Gasteiger partial charge in [-0.05, 0) is 37.7 Å². The number of hydrogen-bond acceptors (Lipinski definition) is 5. The number of piperidine rings is 1. The fraction of sp³-hybridized carbons (Fsp3) is 0.640. The fourth-order valence-corrected chi connectivity index (χ4v) is 5.68. The van der Waals surface area contributed by atoms with Crippen LogP contribution in [0.5, 0.6) is 0 Å². The molecule has 2 atom stereocenters. The third-order valence-electron chi connectivity index (χ3n) is 7.59. The third-order valence-corrected chi connectivity index (χ3v) is 7.59. The number of likely N-dealkylation sites (tertiary alicyclic amines) is 2. The Bertz CT molecular complexity index is 879. The first-order valence-corrected chi connectivity index (χ1v) is 12.5. The Hall–Kier alpha value is -2.61. The molecule has 0 radical (unpaired) electrons. The number of carbonyl (C=O) groups is 2. The van der Waals surface area contributed by atoms with Crippen LogP contribution >= 0.6 is 0 Å². The molecular weight excluding hydrogens is 418 g/mol. The normalized spacial score (nSPS) is 27.6. The van der Waals surface area contributed by atoms with E-state index < -0.39 is 5.60 Å². The van der Waals surface area contributed by atoms with Crippen molar-refractivity contribution in [1.29, 1.82) is 0 Å². The van der Waals surface area contributed by atoms with E-state index in [-0.39, 0.29) is 24.0 Å². The number of amides is 3. The van der Waals surface area contributed by atoms with E-state index in [1.807, 2.05) is 28.0 Å². The smallest absolute Gasteiger partial charge is 0.317 e. The van der Waals surface area contributed by atoms with E-state index in [1.165, 1.54) is 18.4 Å². The Kier molecular flexibility index (Phi) is 6.53. The molecule has 3 amide bonds. The summed E-state index contributed by atoms with van der Waals surface area (Å²) in [5.74, 6) is -0.0151. The molecule has 8 nitrogen and oxygen atoms in total. The molecule has 3 aliphatic heterocycles. The van der Waals surface area contributed by atoms with Crippen LogP contribution in [0, 0.1) is 0 Å². The largest absolute Gasteiger partial charge is 0.385 e. The first kappa shape index (κ1) is 22.2. The van der Waals surface area contributed by atoms with Crippen LogP contribution in [-0.4, -0.2) is 71.3 Å². The average Bonchev–Trinajstić information content (AvgIpc) is 3.61. The van der Waals surface area contributed by atoms with Gasteiger partial charge in [0.15, 0.2) is 5.60 Å². The fourth-order valence-electron chi connectivity index (χ4n) is 5.68. The van der Waals surface area contributed by atoms with Gasteiger partial charge in [0.05, 0.1) is 12.6 Å². The lowest BCUT2D eigenvalue weighted by molar-refractivity contribution is -0.123. The highest BCUT2D eigenvalue weighted by molar-refractivity contribution is 6.39. The highest BCUT2D eigenvalue weighted by Gasteiger charge is 2.52. The Morgan fingerprint density at radius 3 is 2.52 bits per heavy atom. The van der Waals surface area contributed by atoms with Gasteiger partial charge in [-0.3, -0.25) is 4.79 Å². The minimum atomic E-state index is -0.717. The molecule has 3 fully saturated rings. The molecule has 1 spiro atoms. The Labute approximate surface area is 195 Å². The number of hydrogen-bond donors (Lipinski definition) is 2. The SMILES string of the molecule is O=C(NC1CCCC1)N1CC[C@@H](NCc2ccccc2)[C@@]2(CC(C(=O)N3CCCC3)=NO2)C1. The molecule has 0 bridgehead atoms. The molecule has 1 aromatic carbocycles. The molecule has 1 aromatic rings. The van der Waals surface area contributed by atoms with Gasteiger partial charge in [-0.15, -0.1) is 0 Å². The Morgan fingerprint density at radius 1 is 1.00 bits per heavy atom. The van der Waals surface area contributed by atoms with Crippen LogP contribution in [0.2, 0.25) is 0 Å². The predicted octanol–water partition coefficient (Wildman–Crippen LogP) is 2.64. The number of benzene rings is 1. The molecule has 2 saturated heterocycles. The topological polar surface area (TPSA) is 86.3 Å². The van der Waals surface area contributed by atoms with Crippen molar-refractivity contribution >= 4 is 17.6 Å². The van der Waals surface area contributed by atoms with Crippen molar-refractivity contribution in [2.75, 3.05) is 26.2 Å². The van der Waals surface area contributed by atoms with Crippen LogP contribution in [0.4, 0.5) is 4.79 Å². The van der Waals surface area contributed by atoms with Gasteiger partial charge < -0.3 is 25.3 Å². The highest BCUT2D eigenvalue weighted by Crippen LogP contribution is 2.35. The van der Waals surface area contributed by atoms with Gasteiger partial charge in [0.2, 0.25) is 0 Å². The molecule has 33 heavy (non-hydrogen) atoms. The van der Waals surface area contributed by atoms with Gasteiger partial charge in [-0.25, -0.2) is 4.79 Å². The van der Waals surface area contributed by atoms with E-state index in [0.717, 1.165) is 45.2 Å². The van der Waals surface area contributed by atoms with Gasteiger partial charge in [0.25, 0.3) is 5.91 Å². The summed E-state index contributed by atoms with van der Waals surface area (Å²) >= 11 is 0. The lowest BCUT2D eigenvalue weighted by Gasteiger charge is -2.44. The Morgan fingerprint density at radius 2 is 1.76 bits per heavy atom. The highest BCUT2D eigenvalue weighted by atomic mass is 16.7. The summed E-state index contributed by atoms with van der Waals surface area (Å²) in [7, 11) is 0. The number of oxime groups is 1. The lowest BCUT2D eigenvalue weighted by Crippen LogP contribution is -2.64. The second kappa shape index (κ2) is 9.71. The van der Waals surface area contributed by atoms with Gasteiger partial charge in [0.1, 0.15) is 5.71 Å². The number of nitrogens with one attached hydrogen (secondary N) is 2. The van der Waals surface area contributed by atoms with Crippen molar-refractivity contribution in [2.45, 2.75) is 75.6 Å². The van der Waals surface area contributed by atoms with Crippen LogP contribution in [0.15, 0.2) is 35.5 Å². The number of nitrogens with zero attached hydrogens (tertiary/aromatic N) is 3. The van der Waals surface area contributed by atoms with E-state index in [1.54, 1.807) is 0 Å². The second-order valence-electron chi connectivity index (χ2n) is 9.93. The summed E-state index contributed by atoms with van der Waals surface area (Å²) in [5, 5.41) is 11.1. The van der Waals surface area contributed by atoms with Crippen molar-refractivity contribution in [2.24, 2.45) is 5.16 Å². The van der Waals surface area contributed by atoms with E-state index in [2.05, 4.69) is 27.9 Å². The average molecular weight is 454 g/mol. The van der Waals surface area contributed by atoms with Crippen LogP contribution in [-0.2, 0) is 16.2 Å². The first-order valence-electron chi connectivity index (χ1n) is 12.5. The molecule has 178 valence electrons. The maximum atomic E-state index is 13.0. The molecule has 3 heterocycles. The zero-order valence-corrected chi connectivity index (χ0v) is 19.3. The summed E-state index contributed by atoms with van der Waals surface area (Å²) in [6, 6.07) is 10.5. The molecule has 0 unspecified atom stereocenters. The standard InChI is InChI=1S/C25H35N5O3/c31-23(29-13-6-7-14-29)21-16-25(33-28-21)18-30(24(32)27-20-10-4-5-11-20)15-12-22(25)26-17-19-8-2-1-3-9-19/h1-3,8-9,20,22,26H,4-7,10-18H2,(H,27,32)/t22-,25-/m1/s1. The number of carbonyl (C=O) groups excluding carboxylic acids is 2. The van der Waals surface area contributed by atoms with E-state index in [9.17, 15) is 9.59 Å². The van der Waals surface area contributed by atoms with E-state index in [0.29, 0.717) is 31.8 Å². The minimum Gasteiger partial charge on any atom is -0.385 e. The molecule has 8 heteroatoms. The van der Waals surface area contributed by atoms with Gasteiger partial charge >= 0.3 is 6.03 Å². The molecule has 2 N–H and O–H groups in total. The summed E-state index contributed by atoms with van der Waals surface area (Å²) in [6.45, 7) is 3.37. The zero-order chi connectivity index (χ0) is 22.7. The van der Waals surface area contributed by atoms with Crippen LogP contribution < -0.4 is 10.6 Å². The monoisotopic (exact) mass is 453 g/mol. The van der Waals surface area contributed by atoms with Gasteiger partial charge in [-0.1, -0.05) is 48.3 Å². The van der Waals surface area contributed by atoms with Crippen molar-refractivity contribution in [1.82, 2.24) is 20.4 Å². The van der Waals surface area contributed by atoms with Gasteiger partial charge in [0, 0.05) is 38.6 Å².